The number of benzene rings is 3. The quantitative estimate of drug-likeness (QED) is 0.192. The Morgan fingerprint density at radius 1 is 0.860 bits per heavy atom. The number of carbonyl (C=O) groups excluding carboxylic acids is 2. The Morgan fingerprint density at radius 2 is 1.51 bits per heavy atom. The van der Waals surface area contributed by atoms with Gasteiger partial charge in [0.2, 0.25) is 5.91 Å². The van der Waals surface area contributed by atoms with Crippen LogP contribution in [0.4, 0.5) is 36.8 Å². The number of hydrogen-bond donors (Lipinski definition) is 2. The van der Waals surface area contributed by atoms with Crippen LogP contribution in [0, 0.1) is 0 Å². The molecule has 12 heteroatoms. The second-order valence-electron chi connectivity index (χ2n) is 10.3. The smallest absolute Gasteiger partial charge is 0.361 e. The zero-order valence-corrected chi connectivity index (χ0v) is 23.4. The average molecular weight is 605 g/mol. The molecular formula is C31H30F6N4O2. The van der Waals surface area contributed by atoms with E-state index in [-0.39, 0.29) is 13.1 Å². The summed E-state index contributed by atoms with van der Waals surface area (Å²) in [4.78, 5) is 32.5. The molecular weight excluding hydrogens is 574 g/mol. The highest BCUT2D eigenvalue weighted by Gasteiger charge is 2.34. The Hall–Kier alpha value is -4.48. The highest BCUT2D eigenvalue weighted by Crippen LogP contribution is 2.35. The number of nitrogens with one attached hydrogen (secondary N) is 2. The molecule has 2 N–H and O–H groups in total. The van der Waals surface area contributed by atoms with Crippen molar-refractivity contribution in [1.29, 1.82) is 0 Å². The molecule has 0 bridgehead atoms. The number of alkyl halides is 6. The summed E-state index contributed by atoms with van der Waals surface area (Å²) in [5.74, 6) is -0.521. The lowest BCUT2D eigenvalue weighted by Gasteiger charge is -2.30. The van der Waals surface area contributed by atoms with E-state index in [0.717, 1.165) is 45.6 Å². The van der Waals surface area contributed by atoms with Gasteiger partial charge < -0.3 is 20.1 Å². The lowest BCUT2D eigenvalue weighted by Crippen LogP contribution is -2.47. The molecule has 43 heavy (non-hydrogen) atoms. The second kappa shape index (κ2) is 12.8. The van der Waals surface area contributed by atoms with E-state index < -0.39 is 53.7 Å². The first-order valence-electron chi connectivity index (χ1n) is 13.5. The van der Waals surface area contributed by atoms with Gasteiger partial charge in [0.15, 0.2) is 0 Å². The number of amides is 3. The first-order valence-corrected chi connectivity index (χ1v) is 13.5. The third-order valence-corrected chi connectivity index (χ3v) is 7.00. The summed E-state index contributed by atoms with van der Waals surface area (Å²) in [5.41, 5.74) is -0.0299. The number of aromatic amines is 1. The highest BCUT2D eigenvalue weighted by molar-refractivity contribution is 5.93. The first kappa shape index (κ1) is 31.5. The number of nitrogens with zero attached hydrogens (tertiary/aromatic N) is 2. The normalized spacial score (nSPS) is 12.0. The van der Waals surface area contributed by atoms with E-state index >= 15 is 0 Å². The number of H-pyrrole nitrogens is 1. The van der Waals surface area contributed by atoms with Gasteiger partial charge in [0.25, 0.3) is 0 Å². The number of urea groups is 1. The summed E-state index contributed by atoms with van der Waals surface area (Å²) in [6, 6.07) is 15.1. The molecule has 3 amide bonds. The van der Waals surface area contributed by atoms with Gasteiger partial charge in [-0.05, 0) is 61.7 Å². The van der Waals surface area contributed by atoms with Gasteiger partial charge in [-0.25, -0.2) is 4.79 Å². The van der Waals surface area contributed by atoms with E-state index in [4.69, 9.17) is 0 Å². The molecule has 0 saturated heterocycles. The minimum absolute atomic E-state index is 0.0379. The molecule has 0 atom stereocenters. The van der Waals surface area contributed by atoms with Crippen molar-refractivity contribution in [2.75, 3.05) is 18.4 Å². The summed E-state index contributed by atoms with van der Waals surface area (Å²) < 4.78 is 79.7. The van der Waals surface area contributed by atoms with Crippen LogP contribution >= 0.6 is 0 Å². The van der Waals surface area contributed by atoms with Crippen LogP contribution in [0.5, 0.6) is 0 Å². The maximum Gasteiger partial charge on any atom is 0.418 e. The Bertz CT molecular complexity index is 1560. The molecule has 1 aromatic heterocycles. The average Bonchev–Trinajstić information content (AvgIpc) is 3.36. The van der Waals surface area contributed by atoms with Gasteiger partial charge in [-0.1, -0.05) is 42.5 Å². The topological polar surface area (TPSA) is 68.4 Å². The molecule has 0 aliphatic heterocycles. The maximum atomic E-state index is 13.6. The summed E-state index contributed by atoms with van der Waals surface area (Å²) >= 11 is 0. The molecule has 0 aliphatic rings. The van der Waals surface area contributed by atoms with Gasteiger partial charge in [-0.2, -0.15) is 26.3 Å². The fourth-order valence-corrected chi connectivity index (χ4v) is 4.67. The number of hydrogen-bond acceptors (Lipinski definition) is 2. The van der Waals surface area contributed by atoms with Gasteiger partial charge in [-0.15, -0.1) is 0 Å². The van der Waals surface area contributed by atoms with Gasteiger partial charge in [0.1, 0.15) is 6.54 Å². The third-order valence-electron chi connectivity index (χ3n) is 7.00. The molecule has 3 aromatic carbocycles. The van der Waals surface area contributed by atoms with Crippen molar-refractivity contribution >= 4 is 28.5 Å². The summed E-state index contributed by atoms with van der Waals surface area (Å²) in [6.45, 7) is 2.91. The van der Waals surface area contributed by atoms with E-state index in [9.17, 15) is 35.9 Å². The van der Waals surface area contributed by atoms with E-state index in [1.54, 1.807) is 13.8 Å². The van der Waals surface area contributed by atoms with Crippen LogP contribution in [0.2, 0.25) is 0 Å². The molecule has 4 rings (SSSR count). The second-order valence-corrected chi connectivity index (χ2v) is 10.3. The van der Waals surface area contributed by atoms with Crippen LogP contribution < -0.4 is 5.32 Å². The molecule has 0 radical (unpaired) electrons. The number of aromatic nitrogens is 1. The van der Waals surface area contributed by atoms with Crippen LogP contribution in [-0.2, 0) is 30.1 Å². The SMILES string of the molecule is CC(C)N(CC(=O)N(CCc1c[nH]c2ccccc12)Cc1ccc(C(F)(F)F)cc1)C(=O)Nc1ccccc1C(F)(F)F. The van der Waals surface area contributed by atoms with Crippen molar-refractivity contribution in [2.24, 2.45) is 0 Å². The Kier molecular flexibility index (Phi) is 9.37. The maximum absolute atomic E-state index is 13.6. The van der Waals surface area contributed by atoms with Crippen LogP contribution in [-0.4, -0.2) is 45.9 Å². The predicted octanol–water partition coefficient (Wildman–Crippen LogP) is 7.72. The zero-order chi connectivity index (χ0) is 31.4. The van der Waals surface area contributed by atoms with Crippen molar-refractivity contribution < 1.29 is 35.9 Å². The number of rotatable bonds is 9. The van der Waals surface area contributed by atoms with Crippen LogP contribution in [0.3, 0.4) is 0 Å². The standard InChI is InChI=1S/C31H30F6N4O2/c1-20(2)41(29(43)39-27-10-6-4-8-25(27)31(35,36)37)19-28(42)40(18-21-11-13-23(14-12-21)30(32,33)34)16-15-22-17-38-26-9-5-3-7-24(22)26/h3-14,17,20,38H,15-16,18-19H2,1-2H3,(H,39,43). The van der Waals surface area contributed by atoms with E-state index in [0.29, 0.717) is 12.0 Å². The lowest BCUT2D eigenvalue weighted by molar-refractivity contribution is -0.138. The van der Waals surface area contributed by atoms with Crippen LogP contribution in [0.25, 0.3) is 10.9 Å². The molecule has 0 unspecified atom stereocenters. The first-order chi connectivity index (χ1) is 20.2. The molecule has 0 saturated carbocycles. The summed E-state index contributed by atoms with van der Waals surface area (Å²) in [5, 5.41) is 3.23. The number of carbonyl (C=O) groups is 2. The molecule has 4 aromatic rings. The Labute approximate surface area is 244 Å². The Morgan fingerprint density at radius 3 is 2.16 bits per heavy atom. The monoisotopic (exact) mass is 604 g/mol. The van der Waals surface area contributed by atoms with Crippen LogP contribution in [0.15, 0.2) is 79.0 Å². The van der Waals surface area contributed by atoms with Gasteiger partial charge in [0, 0.05) is 36.2 Å². The minimum atomic E-state index is -4.71. The van der Waals surface area contributed by atoms with Crippen molar-refractivity contribution in [3.63, 3.8) is 0 Å². The van der Waals surface area contributed by atoms with Gasteiger partial charge in [-0.3, -0.25) is 4.79 Å². The fraction of sp³-hybridized carbons (Fsp3) is 0.290. The molecule has 228 valence electrons. The minimum Gasteiger partial charge on any atom is -0.361 e. The van der Waals surface area contributed by atoms with Crippen molar-refractivity contribution in [3.05, 3.63) is 101 Å². The molecule has 0 spiro atoms. The number of anilines is 1. The highest BCUT2D eigenvalue weighted by atomic mass is 19.4. The molecule has 0 fully saturated rings. The summed E-state index contributed by atoms with van der Waals surface area (Å²) in [7, 11) is 0. The zero-order valence-electron chi connectivity index (χ0n) is 23.4. The number of fused-ring (bicyclic) bond motifs is 1. The van der Waals surface area contributed by atoms with Crippen molar-refractivity contribution in [1.82, 2.24) is 14.8 Å². The van der Waals surface area contributed by atoms with Gasteiger partial charge >= 0.3 is 18.4 Å². The molecule has 0 aliphatic carbocycles. The predicted molar refractivity (Wildman–Crippen MR) is 151 cm³/mol. The van der Waals surface area contributed by atoms with Crippen molar-refractivity contribution in [2.45, 2.75) is 45.2 Å². The lowest BCUT2D eigenvalue weighted by atomic mass is 10.1. The summed E-state index contributed by atoms with van der Waals surface area (Å²) in [6.07, 6.45) is -7.00. The third kappa shape index (κ3) is 7.88. The molecule has 6 nitrogen and oxygen atoms in total. The van der Waals surface area contributed by atoms with E-state index in [2.05, 4.69) is 10.3 Å². The largest absolute Gasteiger partial charge is 0.418 e. The number of halogens is 6. The van der Waals surface area contributed by atoms with Crippen LogP contribution in [0.1, 0.15) is 36.1 Å². The fourth-order valence-electron chi connectivity index (χ4n) is 4.67. The Balaban J connectivity index is 1.55. The molecule has 1 heterocycles. The van der Waals surface area contributed by atoms with Crippen molar-refractivity contribution in [3.8, 4) is 0 Å². The van der Waals surface area contributed by atoms with Gasteiger partial charge in [0.05, 0.1) is 16.8 Å². The van der Waals surface area contributed by atoms with E-state index in [1.165, 1.54) is 29.2 Å². The van der Waals surface area contributed by atoms with E-state index in [1.807, 2.05) is 30.5 Å². The number of para-hydroxylation sites is 2.